The number of benzene rings is 1. The minimum Gasteiger partial charge on any atom is -0.422 e. The molecule has 0 radical (unpaired) electrons. The lowest BCUT2D eigenvalue weighted by molar-refractivity contribution is 0.213. The first-order chi connectivity index (χ1) is 11.7. The van der Waals surface area contributed by atoms with Crippen molar-refractivity contribution in [1.82, 2.24) is 4.90 Å². The SMILES string of the molecule is CN(Cc1c2cccccc-2oc1=O)C1CCc2ccccc2C1. The fourth-order valence-electron chi connectivity index (χ4n) is 3.72. The molecule has 0 N–H and O–H groups in total. The predicted octanol–water partition coefficient (Wildman–Crippen LogP) is 3.73. The van der Waals surface area contributed by atoms with Crippen LogP contribution in [0.3, 0.4) is 0 Å². The third kappa shape index (κ3) is 2.76. The summed E-state index contributed by atoms with van der Waals surface area (Å²) in [4.78, 5) is 14.6. The van der Waals surface area contributed by atoms with Crippen LogP contribution in [0.4, 0.5) is 0 Å². The van der Waals surface area contributed by atoms with E-state index in [4.69, 9.17) is 4.42 Å². The highest BCUT2D eigenvalue weighted by Gasteiger charge is 2.24. The van der Waals surface area contributed by atoms with E-state index in [-0.39, 0.29) is 5.63 Å². The summed E-state index contributed by atoms with van der Waals surface area (Å²) in [5.74, 6) is 0.669. The van der Waals surface area contributed by atoms with Gasteiger partial charge in [-0.2, -0.15) is 0 Å². The Morgan fingerprint density at radius 3 is 2.67 bits per heavy atom. The van der Waals surface area contributed by atoms with Crippen molar-refractivity contribution in [3.63, 3.8) is 0 Å². The number of fused-ring (bicyclic) bond motifs is 2. The molecule has 1 aliphatic heterocycles. The number of aryl methyl sites for hydroxylation is 1. The van der Waals surface area contributed by atoms with E-state index >= 15 is 0 Å². The molecule has 2 aliphatic carbocycles. The molecule has 0 aromatic heterocycles. The maximum atomic E-state index is 12.3. The molecule has 4 rings (SSSR count). The molecular weight excluding hydrogens is 298 g/mol. The second-order valence-electron chi connectivity index (χ2n) is 6.64. The maximum absolute atomic E-state index is 12.3. The standard InChI is InChI=1S/C21H21NO2/c1-22(17-12-11-15-7-5-6-8-16(15)13-17)14-19-18-9-3-2-4-10-20(18)24-21(19)23/h2-10,17H,11-14H2,1H3. The summed E-state index contributed by atoms with van der Waals surface area (Å²) in [6.07, 6.45) is 3.28. The molecule has 0 bridgehead atoms. The monoisotopic (exact) mass is 319 g/mol. The van der Waals surface area contributed by atoms with E-state index in [0.29, 0.717) is 18.3 Å². The average Bonchev–Trinajstić information content (AvgIpc) is 2.77. The Balaban J connectivity index is 1.57. The van der Waals surface area contributed by atoms with Crippen LogP contribution >= 0.6 is 0 Å². The molecule has 1 heterocycles. The zero-order valence-corrected chi connectivity index (χ0v) is 13.9. The predicted molar refractivity (Wildman–Crippen MR) is 95.3 cm³/mol. The lowest BCUT2D eigenvalue weighted by Crippen LogP contribution is -2.36. The Labute approximate surface area is 141 Å². The van der Waals surface area contributed by atoms with Crippen LogP contribution in [0, 0.1) is 0 Å². The van der Waals surface area contributed by atoms with Crippen molar-refractivity contribution in [2.45, 2.75) is 31.8 Å². The number of hydrogen-bond donors (Lipinski definition) is 0. The summed E-state index contributed by atoms with van der Waals surface area (Å²) < 4.78 is 5.42. The zero-order chi connectivity index (χ0) is 16.5. The van der Waals surface area contributed by atoms with Crippen LogP contribution < -0.4 is 5.63 Å². The molecule has 24 heavy (non-hydrogen) atoms. The lowest BCUT2D eigenvalue weighted by Gasteiger charge is -2.32. The minimum absolute atomic E-state index is 0.209. The van der Waals surface area contributed by atoms with Gasteiger partial charge < -0.3 is 4.42 Å². The van der Waals surface area contributed by atoms with Gasteiger partial charge in [0.1, 0.15) is 5.76 Å². The van der Waals surface area contributed by atoms with Gasteiger partial charge in [0.2, 0.25) is 0 Å². The largest absolute Gasteiger partial charge is 0.422 e. The van der Waals surface area contributed by atoms with Crippen molar-refractivity contribution < 1.29 is 4.42 Å². The van der Waals surface area contributed by atoms with Gasteiger partial charge in [-0.1, -0.05) is 48.5 Å². The third-order valence-electron chi connectivity index (χ3n) is 5.12. The van der Waals surface area contributed by atoms with Crippen molar-refractivity contribution >= 4 is 0 Å². The first-order valence-electron chi connectivity index (χ1n) is 8.50. The van der Waals surface area contributed by atoms with E-state index in [1.165, 1.54) is 11.1 Å². The first kappa shape index (κ1) is 15.2. The van der Waals surface area contributed by atoms with Gasteiger partial charge >= 0.3 is 5.63 Å². The number of nitrogens with zero attached hydrogens (tertiary/aromatic N) is 1. The molecule has 122 valence electrons. The third-order valence-corrected chi connectivity index (χ3v) is 5.12. The molecule has 0 saturated heterocycles. The van der Waals surface area contributed by atoms with E-state index in [0.717, 1.165) is 30.4 Å². The summed E-state index contributed by atoms with van der Waals surface area (Å²) in [6.45, 7) is 0.628. The van der Waals surface area contributed by atoms with Crippen LogP contribution in [-0.4, -0.2) is 18.0 Å². The zero-order valence-electron chi connectivity index (χ0n) is 13.9. The summed E-state index contributed by atoms with van der Waals surface area (Å²) in [5, 5.41) is 0. The Kier molecular flexibility index (Phi) is 3.95. The molecule has 3 nitrogen and oxygen atoms in total. The summed E-state index contributed by atoms with van der Waals surface area (Å²) >= 11 is 0. The van der Waals surface area contributed by atoms with Crippen molar-refractivity contribution in [2.75, 3.05) is 7.05 Å². The number of rotatable bonds is 3. The molecule has 1 aromatic rings. The Hall–Kier alpha value is -2.39. The Bertz CT molecular complexity index is 883. The van der Waals surface area contributed by atoms with Crippen molar-refractivity contribution in [2.24, 2.45) is 0 Å². The highest BCUT2D eigenvalue weighted by molar-refractivity contribution is 5.62. The first-order valence-corrected chi connectivity index (χ1v) is 8.50. The van der Waals surface area contributed by atoms with E-state index in [1.807, 2.05) is 30.3 Å². The molecule has 1 aromatic carbocycles. The molecule has 0 spiro atoms. The van der Waals surface area contributed by atoms with Gasteiger partial charge in [0.05, 0.1) is 5.56 Å². The van der Waals surface area contributed by atoms with Crippen LogP contribution in [0.25, 0.3) is 11.3 Å². The molecule has 1 atom stereocenters. The van der Waals surface area contributed by atoms with Gasteiger partial charge in [0.25, 0.3) is 0 Å². The lowest BCUT2D eigenvalue weighted by atomic mass is 9.87. The topological polar surface area (TPSA) is 33.5 Å². The van der Waals surface area contributed by atoms with E-state index in [9.17, 15) is 4.79 Å². The molecule has 0 amide bonds. The Morgan fingerprint density at radius 2 is 1.79 bits per heavy atom. The van der Waals surface area contributed by atoms with Gasteiger partial charge in [-0.15, -0.1) is 0 Å². The molecule has 0 saturated carbocycles. The summed E-state index contributed by atoms with van der Waals surface area (Å²) in [6, 6.07) is 18.8. The summed E-state index contributed by atoms with van der Waals surface area (Å²) in [5.41, 5.74) is 4.38. The molecule has 3 heteroatoms. The maximum Gasteiger partial charge on any atom is 0.341 e. The fourth-order valence-corrected chi connectivity index (χ4v) is 3.72. The molecule has 1 unspecified atom stereocenters. The van der Waals surface area contributed by atoms with E-state index < -0.39 is 0 Å². The van der Waals surface area contributed by atoms with Crippen molar-refractivity contribution in [3.8, 4) is 11.3 Å². The second kappa shape index (κ2) is 6.25. The number of likely N-dealkylation sites (N-methyl/N-ethyl adjacent to an activating group) is 1. The minimum atomic E-state index is -0.209. The van der Waals surface area contributed by atoms with Gasteiger partial charge in [0.15, 0.2) is 0 Å². The van der Waals surface area contributed by atoms with Crippen LogP contribution in [0.15, 0.2) is 63.8 Å². The van der Waals surface area contributed by atoms with Gasteiger partial charge in [-0.25, -0.2) is 4.79 Å². The van der Waals surface area contributed by atoms with Crippen LogP contribution in [-0.2, 0) is 19.4 Å². The van der Waals surface area contributed by atoms with Crippen LogP contribution in [0.5, 0.6) is 0 Å². The number of furan rings is 1. The van der Waals surface area contributed by atoms with Crippen molar-refractivity contribution in [1.29, 1.82) is 0 Å². The van der Waals surface area contributed by atoms with Gasteiger partial charge in [0, 0.05) is 18.2 Å². The highest BCUT2D eigenvalue weighted by Crippen LogP contribution is 2.27. The van der Waals surface area contributed by atoms with E-state index in [2.05, 4.69) is 36.2 Å². The van der Waals surface area contributed by atoms with Gasteiger partial charge in [-0.05, 0) is 43.5 Å². The smallest absolute Gasteiger partial charge is 0.341 e. The fraction of sp³-hybridized carbons (Fsp3) is 0.286. The molecule has 0 fully saturated rings. The highest BCUT2D eigenvalue weighted by atomic mass is 16.4. The van der Waals surface area contributed by atoms with Crippen LogP contribution in [0.2, 0.25) is 0 Å². The summed E-state index contributed by atoms with van der Waals surface area (Å²) in [7, 11) is 2.11. The Morgan fingerprint density at radius 1 is 1.04 bits per heavy atom. The average molecular weight is 319 g/mol. The molecule has 3 aliphatic rings. The van der Waals surface area contributed by atoms with Gasteiger partial charge in [-0.3, -0.25) is 4.90 Å². The quantitative estimate of drug-likeness (QED) is 0.737. The second-order valence-corrected chi connectivity index (χ2v) is 6.64. The van der Waals surface area contributed by atoms with Crippen LogP contribution in [0.1, 0.15) is 23.1 Å². The normalized spacial score (nSPS) is 17.2. The van der Waals surface area contributed by atoms with Crippen molar-refractivity contribution in [3.05, 3.63) is 81.7 Å². The number of hydrogen-bond acceptors (Lipinski definition) is 3. The van der Waals surface area contributed by atoms with E-state index in [1.54, 1.807) is 0 Å². The molecular formula is C21H21NO2.